The van der Waals surface area contributed by atoms with E-state index in [-0.39, 0.29) is 11.7 Å². The highest BCUT2D eigenvalue weighted by Gasteiger charge is 2.17. The van der Waals surface area contributed by atoms with Gasteiger partial charge in [-0.15, -0.1) is 0 Å². The van der Waals surface area contributed by atoms with E-state index in [0.717, 1.165) is 37.3 Å². The molecular formula is C21H21FN2O2. The molecule has 4 rings (SSSR count). The van der Waals surface area contributed by atoms with Crippen molar-refractivity contribution in [1.29, 1.82) is 0 Å². The molecule has 2 N–H and O–H groups in total. The molecule has 0 atom stereocenters. The number of H-pyrrole nitrogens is 1. The number of ether oxygens (including phenoxy) is 1. The number of carbonyl (C=O) groups excluding carboxylic acids is 1. The second-order valence-electron chi connectivity index (χ2n) is 6.80. The Morgan fingerprint density at radius 1 is 1.19 bits per heavy atom. The zero-order valence-electron chi connectivity index (χ0n) is 14.6. The van der Waals surface area contributed by atoms with Crippen LogP contribution in [0.5, 0.6) is 0 Å². The summed E-state index contributed by atoms with van der Waals surface area (Å²) in [4.78, 5) is 15.6. The smallest absolute Gasteiger partial charge is 0.272 e. The van der Waals surface area contributed by atoms with Gasteiger partial charge >= 0.3 is 0 Å². The summed E-state index contributed by atoms with van der Waals surface area (Å²) >= 11 is 0. The highest BCUT2D eigenvalue weighted by molar-refractivity contribution is 6.06. The van der Waals surface area contributed by atoms with Crippen LogP contribution in [0.25, 0.3) is 10.9 Å². The van der Waals surface area contributed by atoms with Gasteiger partial charge < -0.3 is 15.0 Å². The number of aryl methyl sites for hydroxylation is 1. The van der Waals surface area contributed by atoms with Gasteiger partial charge in [0.15, 0.2) is 0 Å². The van der Waals surface area contributed by atoms with E-state index in [9.17, 15) is 9.18 Å². The molecule has 3 aromatic rings. The molecule has 0 unspecified atom stereocenters. The monoisotopic (exact) mass is 352 g/mol. The molecule has 0 aliphatic carbocycles. The molecule has 1 fully saturated rings. The zero-order chi connectivity index (χ0) is 18.1. The van der Waals surface area contributed by atoms with Crippen molar-refractivity contribution in [3.05, 3.63) is 65.1 Å². The molecule has 1 saturated heterocycles. The molecule has 1 aliphatic heterocycles. The van der Waals surface area contributed by atoms with Crippen molar-refractivity contribution in [1.82, 2.24) is 4.98 Å². The van der Waals surface area contributed by atoms with E-state index in [1.807, 2.05) is 25.1 Å². The first-order valence-corrected chi connectivity index (χ1v) is 8.89. The number of aromatic amines is 1. The Labute approximate surface area is 151 Å². The van der Waals surface area contributed by atoms with E-state index in [1.165, 1.54) is 11.6 Å². The number of anilines is 1. The van der Waals surface area contributed by atoms with Crippen LogP contribution < -0.4 is 5.32 Å². The van der Waals surface area contributed by atoms with Gasteiger partial charge in [-0.05, 0) is 61.1 Å². The summed E-state index contributed by atoms with van der Waals surface area (Å²) in [6.45, 7) is 3.44. The molecule has 4 nitrogen and oxygen atoms in total. The maximum atomic E-state index is 14.0. The van der Waals surface area contributed by atoms with Crippen LogP contribution in [-0.2, 0) is 4.74 Å². The average molecular weight is 352 g/mol. The number of benzene rings is 2. The molecule has 0 radical (unpaired) electrons. The first-order chi connectivity index (χ1) is 12.6. The number of carbonyl (C=O) groups is 1. The molecule has 26 heavy (non-hydrogen) atoms. The number of amides is 1. The number of hydrogen-bond acceptors (Lipinski definition) is 2. The fourth-order valence-electron chi connectivity index (χ4n) is 3.55. The van der Waals surface area contributed by atoms with Crippen molar-refractivity contribution in [2.45, 2.75) is 25.7 Å². The number of rotatable bonds is 3. The highest BCUT2D eigenvalue weighted by atomic mass is 19.1. The lowest BCUT2D eigenvalue weighted by molar-refractivity contribution is 0.0853. The van der Waals surface area contributed by atoms with Crippen molar-refractivity contribution >= 4 is 22.5 Å². The Balaban J connectivity index is 1.56. The highest BCUT2D eigenvalue weighted by Crippen LogP contribution is 2.29. The van der Waals surface area contributed by atoms with Crippen LogP contribution in [0.1, 0.15) is 40.4 Å². The van der Waals surface area contributed by atoms with E-state index >= 15 is 0 Å². The third-order valence-corrected chi connectivity index (χ3v) is 5.03. The van der Waals surface area contributed by atoms with Crippen molar-refractivity contribution in [3.8, 4) is 0 Å². The van der Waals surface area contributed by atoms with Crippen LogP contribution in [0.3, 0.4) is 0 Å². The molecule has 134 valence electrons. The third kappa shape index (κ3) is 3.22. The Bertz CT molecular complexity index is 919. The van der Waals surface area contributed by atoms with Gasteiger partial charge in [-0.3, -0.25) is 4.79 Å². The van der Waals surface area contributed by atoms with Crippen LogP contribution in [0.15, 0.2) is 42.5 Å². The average Bonchev–Trinajstić information content (AvgIpc) is 3.13. The van der Waals surface area contributed by atoms with E-state index in [0.29, 0.717) is 22.5 Å². The second-order valence-corrected chi connectivity index (χ2v) is 6.80. The number of hydrogen-bond donors (Lipinski definition) is 2. The second kappa shape index (κ2) is 6.92. The Morgan fingerprint density at radius 2 is 2.00 bits per heavy atom. The molecule has 1 aliphatic rings. The van der Waals surface area contributed by atoms with E-state index in [4.69, 9.17) is 4.74 Å². The topological polar surface area (TPSA) is 54.1 Å². The maximum absolute atomic E-state index is 14.0. The molecule has 2 heterocycles. The molecule has 0 bridgehead atoms. The minimum Gasteiger partial charge on any atom is -0.381 e. The van der Waals surface area contributed by atoms with Crippen LogP contribution in [-0.4, -0.2) is 24.1 Å². The largest absolute Gasteiger partial charge is 0.381 e. The number of aromatic nitrogens is 1. The lowest BCUT2D eigenvalue weighted by Gasteiger charge is -2.22. The predicted octanol–water partition coefficient (Wildman–Crippen LogP) is 4.76. The maximum Gasteiger partial charge on any atom is 0.272 e. The fraction of sp³-hybridized carbons (Fsp3) is 0.286. The first-order valence-electron chi connectivity index (χ1n) is 8.89. The van der Waals surface area contributed by atoms with Gasteiger partial charge in [0.05, 0.1) is 5.52 Å². The normalized spacial score (nSPS) is 15.3. The van der Waals surface area contributed by atoms with Crippen molar-refractivity contribution in [2.24, 2.45) is 0 Å². The van der Waals surface area contributed by atoms with Crippen molar-refractivity contribution in [2.75, 3.05) is 18.5 Å². The van der Waals surface area contributed by atoms with Gasteiger partial charge in [-0.1, -0.05) is 18.2 Å². The van der Waals surface area contributed by atoms with Gasteiger partial charge in [0.25, 0.3) is 5.91 Å². The molecule has 1 aromatic heterocycles. The summed E-state index contributed by atoms with van der Waals surface area (Å²) in [6.07, 6.45) is 2.00. The predicted molar refractivity (Wildman–Crippen MR) is 100 cm³/mol. The van der Waals surface area contributed by atoms with Gasteiger partial charge in [0.1, 0.15) is 11.5 Å². The fourth-order valence-corrected chi connectivity index (χ4v) is 3.55. The molecule has 5 heteroatoms. The number of nitrogens with one attached hydrogen (secondary N) is 2. The van der Waals surface area contributed by atoms with E-state index in [2.05, 4.69) is 16.4 Å². The van der Waals surface area contributed by atoms with Crippen LogP contribution in [0.4, 0.5) is 10.1 Å². The van der Waals surface area contributed by atoms with Crippen LogP contribution in [0, 0.1) is 12.7 Å². The van der Waals surface area contributed by atoms with Gasteiger partial charge in [0, 0.05) is 24.3 Å². The molecule has 2 aromatic carbocycles. The lowest BCUT2D eigenvalue weighted by atomic mass is 9.91. The summed E-state index contributed by atoms with van der Waals surface area (Å²) in [5.41, 5.74) is 3.87. The minimum atomic E-state index is -0.331. The molecule has 0 spiro atoms. The van der Waals surface area contributed by atoms with Crippen molar-refractivity contribution < 1.29 is 13.9 Å². The van der Waals surface area contributed by atoms with E-state index in [1.54, 1.807) is 12.1 Å². The first kappa shape index (κ1) is 16.8. The summed E-state index contributed by atoms with van der Waals surface area (Å²) < 4.78 is 19.4. The van der Waals surface area contributed by atoms with Gasteiger partial charge in [-0.2, -0.15) is 0 Å². The summed E-state index contributed by atoms with van der Waals surface area (Å²) in [6, 6.07) is 12.6. The lowest BCUT2D eigenvalue weighted by Crippen LogP contribution is -2.15. The quantitative estimate of drug-likeness (QED) is 0.714. The van der Waals surface area contributed by atoms with E-state index < -0.39 is 0 Å². The number of fused-ring (bicyclic) bond motifs is 1. The Kier molecular flexibility index (Phi) is 4.47. The zero-order valence-corrected chi connectivity index (χ0v) is 14.6. The van der Waals surface area contributed by atoms with Gasteiger partial charge in [-0.25, -0.2) is 4.39 Å². The van der Waals surface area contributed by atoms with Gasteiger partial charge in [0.2, 0.25) is 0 Å². The SMILES string of the molecule is Cc1ccc(F)c2cc(C(=O)Nc3cccc(C4CCOCC4)c3)[nH]c12. The number of halogens is 1. The summed E-state index contributed by atoms with van der Waals surface area (Å²) in [5.74, 6) is -0.142. The Hall–Kier alpha value is -2.66. The standard InChI is InChI=1S/C21H21FN2O2/c1-13-5-6-18(22)17-12-19(24-20(13)17)21(25)23-16-4-2-3-15(11-16)14-7-9-26-10-8-14/h2-6,11-12,14,24H,7-10H2,1H3,(H,23,25). The molecular weight excluding hydrogens is 331 g/mol. The molecule has 1 amide bonds. The minimum absolute atomic E-state index is 0.274. The van der Waals surface area contributed by atoms with Crippen LogP contribution in [0.2, 0.25) is 0 Å². The third-order valence-electron chi connectivity index (χ3n) is 5.03. The van der Waals surface area contributed by atoms with Crippen molar-refractivity contribution in [3.63, 3.8) is 0 Å². The Morgan fingerprint density at radius 3 is 2.77 bits per heavy atom. The van der Waals surface area contributed by atoms with Crippen LogP contribution >= 0.6 is 0 Å². The summed E-state index contributed by atoms with van der Waals surface area (Å²) in [7, 11) is 0. The molecule has 0 saturated carbocycles. The summed E-state index contributed by atoms with van der Waals surface area (Å²) in [5, 5.41) is 3.35.